The molecule has 0 bridgehead atoms. The van der Waals surface area contributed by atoms with E-state index in [1.54, 1.807) is 0 Å². The summed E-state index contributed by atoms with van der Waals surface area (Å²) in [5.74, 6) is -1.43. The standard InChI is InChI=1S/C21H27NO6/c1-12(2)6-17(21(25)26-5)22-19(23)11-28-20(24)9-15-10-27-18-8-14(4)13(3)7-16(15)18/h7-8,10,12,17H,6,9,11H2,1-5H3,(H,22,23). The van der Waals surface area contributed by atoms with Crippen LogP contribution < -0.4 is 5.32 Å². The van der Waals surface area contributed by atoms with E-state index in [4.69, 9.17) is 13.9 Å². The maximum Gasteiger partial charge on any atom is 0.328 e. The lowest BCUT2D eigenvalue weighted by Gasteiger charge is -2.18. The first-order chi connectivity index (χ1) is 13.2. The van der Waals surface area contributed by atoms with E-state index in [1.807, 2.05) is 39.8 Å². The average Bonchev–Trinajstić information content (AvgIpc) is 3.00. The molecule has 0 aliphatic heterocycles. The van der Waals surface area contributed by atoms with Crippen LogP contribution in [-0.4, -0.2) is 37.6 Å². The molecule has 2 rings (SSSR count). The zero-order chi connectivity index (χ0) is 20.8. The fourth-order valence-corrected chi connectivity index (χ4v) is 2.89. The summed E-state index contributed by atoms with van der Waals surface area (Å²) in [5.41, 5.74) is 3.62. The number of furan rings is 1. The molecule has 152 valence electrons. The predicted molar refractivity (Wildman–Crippen MR) is 104 cm³/mol. The van der Waals surface area contributed by atoms with Gasteiger partial charge < -0.3 is 19.2 Å². The predicted octanol–water partition coefficient (Wildman–Crippen LogP) is 2.84. The minimum absolute atomic E-state index is 0.00476. The van der Waals surface area contributed by atoms with Crippen LogP contribution in [0.1, 0.15) is 37.0 Å². The highest BCUT2D eigenvalue weighted by Gasteiger charge is 2.23. The third kappa shape index (κ3) is 5.58. The van der Waals surface area contributed by atoms with Crippen molar-refractivity contribution in [2.24, 2.45) is 5.92 Å². The maximum atomic E-state index is 12.1. The van der Waals surface area contributed by atoms with Crippen LogP contribution in [0.2, 0.25) is 0 Å². The molecule has 1 heterocycles. The topological polar surface area (TPSA) is 94.8 Å². The lowest BCUT2D eigenvalue weighted by atomic mass is 10.0. The maximum absolute atomic E-state index is 12.1. The van der Waals surface area contributed by atoms with E-state index in [2.05, 4.69) is 5.32 Å². The fraction of sp³-hybridized carbons (Fsp3) is 0.476. The largest absolute Gasteiger partial charge is 0.467 e. The molecule has 0 saturated carbocycles. The number of benzene rings is 1. The number of aryl methyl sites for hydroxylation is 2. The van der Waals surface area contributed by atoms with Gasteiger partial charge in [-0.2, -0.15) is 0 Å². The van der Waals surface area contributed by atoms with E-state index in [-0.39, 0.29) is 12.3 Å². The molecule has 1 amide bonds. The van der Waals surface area contributed by atoms with E-state index in [0.29, 0.717) is 17.6 Å². The first-order valence-electron chi connectivity index (χ1n) is 9.21. The zero-order valence-corrected chi connectivity index (χ0v) is 17.0. The number of ether oxygens (including phenoxy) is 2. The molecular weight excluding hydrogens is 362 g/mol. The first-order valence-corrected chi connectivity index (χ1v) is 9.21. The summed E-state index contributed by atoms with van der Waals surface area (Å²) in [6.07, 6.45) is 1.96. The Morgan fingerprint density at radius 3 is 2.46 bits per heavy atom. The number of nitrogens with one attached hydrogen (secondary N) is 1. The van der Waals surface area contributed by atoms with Gasteiger partial charge in [0.2, 0.25) is 0 Å². The van der Waals surface area contributed by atoms with Gasteiger partial charge in [-0.15, -0.1) is 0 Å². The Bertz CT molecular complexity index is 867. The van der Waals surface area contributed by atoms with E-state index in [1.165, 1.54) is 13.4 Å². The van der Waals surface area contributed by atoms with Gasteiger partial charge in [0.15, 0.2) is 6.61 Å². The lowest BCUT2D eigenvalue weighted by Crippen LogP contribution is -2.44. The van der Waals surface area contributed by atoms with Gasteiger partial charge in [0, 0.05) is 10.9 Å². The molecule has 7 heteroatoms. The number of rotatable bonds is 8. The number of amides is 1. The van der Waals surface area contributed by atoms with Crippen molar-refractivity contribution in [3.8, 4) is 0 Å². The van der Waals surface area contributed by atoms with Crippen LogP contribution in [0, 0.1) is 19.8 Å². The summed E-state index contributed by atoms with van der Waals surface area (Å²) in [7, 11) is 1.26. The molecule has 2 aromatic rings. The number of carbonyl (C=O) groups is 3. The molecule has 0 spiro atoms. The van der Waals surface area contributed by atoms with Crippen molar-refractivity contribution in [2.45, 2.75) is 46.6 Å². The highest BCUT2D eigenvalue weighted by atomic mass is 16.5. The molecule has 0 radical (unpaired) electrons. The van der Waals surface area contributed by atoms with E-state index >= 15 is 0 Å². The zero-order valence-electron chi connectivity index (χ0n) is 17.0. The fourth-order valence-electron chi connectivity index (χ4n) is 2.89. The number of hydrogen-bond donors (Lipinski definition) is 1. The molecule has 28 heavy (non-hydrogen) atoms. The first kappa shape index (κ1) is 21.5. The quantitative estimate of drug-likeness (QED) is 0.698. The third-order valence-electron chi connectivity index (χ3n) is 4.50. The highest BCUT2D eigenvalue weighted by molar-refractivity contribution is 5.89. The molecule has 0 aliphatic rings. The number of hydrogen-bond acceptors (Lipinski definition) is 6. The summed E-state index contributed by atoms with van der Waals surface area (Å²) in [6, 6.07) is 3.13. The van der Waals surface area contributed by atoms with Gasteiger partial charge in [0.05, 0.1) is 19.8 Å². The average molecular weight is 389 g/mol. The Balaban J connectivity index is 1.92. The Kier molecular flexibility index (Phi) is 7.20. The molecule has 1 aromatic carbocycles. The van der Waals surface area contributed by atoms with Crippen molar-refractivity contribution in [1.29, 1.82) is 0 Å². The second-order valence-corrected chi connectivity index (χ2v) is 7.30. The number of fused-ring (bicyclic) bond motifs is 1. The van der Waals surface area contributed by atoms with Crippen molar-refractivity contribution in [3.63, 3.8) is 0 Å². The highest BCUT2D eigenvalue weighted by Crippen LogP contribution is 2.25. The van der Waals surface area contributed by atoms with E-state index < -0.39 is 30.5 Å². The normalized spacial score (nSPS) is 12.1. The van der Waals surface area contributed by atoms with Crippen molar-refractivity contribution in [1.82, 2.24) is 5.32 Å². The van der Waals surface area contributed by atoms with Gasteiger partial charge in [-0.05, 0) is 49.4 Å². The molecule has 0 fully saturated rings. The van der Waals surface area contributed by atoms with Crippen molar-refractivity contribution < 1.29 is 28.3 Å². The van der Waals surface area contributed by atoms with Crippen LogP contribution in [-0.2, 0) is 30.3 Å². The molecule has 1 atom stereocenters. The van der Waals surface area contributed by atoms with Gasteiger partial charge in [-0.3, -0.25) is 9.59 Å². The van der Waals surface area contributed by atoms with Crippen molar-refractivity contribution in [2.75, 3.05) is 13.7 Å². The van der Waals surface area contributed by atoms with Crippen LogP contribution in [0.15, 0.2) is 22.8 Å². The molecule has 7 nitrogen and oxygen atoms in total. The van der Waals surface area contributed by atoms with Gasteiger partial charge in [-0.1, -0.05) is 13.8 Å². The van der Waals surface area contributed by atoms with Crippen LogP contribution >= 0.6 is 0 Å². The minimum Gasteiger partial charge on any atom is -0.467 e. The molecule has 0 saturated heterocycles. The molecule has 1 unspecified atom stereocenters. The van der Waals surface area contributed by atoms with E-state index in [0.717, 1.165) is 16.5 Å². The van der Waals surface area contributed by atoms with Crippen LogP contribution in [0.25, 0.3) is 11.0 Å². The summed E-state index contributed by atoms with van der Waals surface area (Å²) in [5, 5.41) is 3.40. The second kappa shape index (κ2) is 9.39. The van der Waals surface area contributed by atoms with Gasteiger partial charge >= 0.3 is 11.9 Å². The van der Waals surface area contributed by atoms with Crippen LogP contribution in [0.5, 0.6) is 0 Å². The second-order valence-electron chi connectivity index (χ2n) is 7.30. The Hall–Kier alpha value is -2.83. The number of esters is 2. The van der Waals surface area contributed by atoms with Crippen molar-refractivity contribution in [3.05, 3.63) is 35.1 Å². The number of methoxy groups -OCH3 is 1. The lowest BCUT2D eigenvalue weighted by molar-refractivity contribution is -0.150. The smallest absolute Gasteiger partial charge is 0.328 e. The molecule has 0 aliphatic carbocycles. The van der Waals surface area contributed by atoms with Crippen LogP contribution in [0.4, 0.5) is 0 Å². The summed E-state index contributed by atoms with van der Waals surface area (Å²) >= 11 is 0. The SMILES string of the molecule is COC(=O)C(CC(C)C)NC(=O)COC(=O)Cc1coc2cc(C)c(C)cc12. The van der Waals surface area contributed by atoms with Gasteiger partial charge in [0.1, 0.15) is 11.6 Å². The molecular formula is C21H27NO6. The van der Waals surface area contributed by atoms with Crippen molar-refractivity contribution >= 4 is 28.8 Å². The minimum atomic E-state index is -0.764. The van der Waals surface area contributed by atoms with E-state index in [9.17, 15) is 14.4 Å². The van der Waals surface area contributed by atoms with Gasteiger partial charge in [0.25, 0.3) is 5.91 Å². The Labute approximate surface area is 164 Å². The Morgan fingerprint density at radius 1 is 1.14 bits per heavy atom. The molecule has 1 aromatic heterocycles. The monoisotopic (exact) mass is 389 g/mol. The summed E-state index contributed by atoms with van der Waals surface area (Å²) in [4.78, 5) is 35.9. The Morgan fingerprint density at radius 2 is 1.82 bits per heavy atom. The van der Waals surface area contributed by atoms with Gasteiger partial charge in [-0.25, -0.2) is 4.79 Å². The van der Waals surface area contributed by atoms with Crippen LogP contribution in [0.3, 0.4) is 0 Å². The number of carbonyl (C=O) groups excluding carboxylic acids is 3. The summed E-state index contributed by atoms with van der Waals surface area (Å²) < 4.78 is 15.3. The molecule has 1 N–H and O–H groups in total. The third-order valence-corrected chi connectivity index (χ3v) is 4.50. The summed E-state index contributed by atoms with van der Waals surface area (Å²) in [6.45, 7) is 7.38.